The Morgan fingerprint density at radius 3 is 2.67 bits per heavy atom. The van der Waals surface area contributed by atoms with E-state index in [0.717, 1.165) is 15.7 Å². The molecule has 2 aromatic rings. The number of piperazine rings is 1. The summed E-state index contributed by atoms with van der Waals surface area (Å²) in [6.07, 6.45) is 1.61. The van der Waals surface area contributed by atoms with Gasteiger partial charge < -0.3 is 15.1 Å². The number of rotatable bonds is 3. The monoisotopic (exact) mass is 390 g/mol. The molecule has 0 unspecified atom stereocenters. The Balaban J connectivity index is 1.71. The van der Waals surface area contributed by atoms with Crippen LogP contribution in [0.15, 0.2) is 28.9 Å². The Hall–Kier alpha value is -2.22. The Morgan fingerprint density at radius 2 is 2.00 bits per heavy atom. The van der Waals surface area contributed by atoms with Crippen LogP contribution in [0.2, 0.25) is 0 Å². The van der Waals surface area contributed by atoms with Crippen molar-refractivity contribution in [2.24, 2.45) is 0 Å². The number of halogens is 1. The Bertz CT molecular complexity index is 745. The Morgan fingerprint density at radius 1 is 1.25 bits per heavy atom. The van der Waals surface area contributed by atoms with Crippen LogP contribution in [-0.2, 0) is 4.79 Å². The minimum atomic E-state index is 0.106. The number of nitrogens with one attached hydrogen (secondary N) is 1. The SMILES string of the molecule is CC(=O)N1CCN(c2nncc(Nc3ccc(Br)cc3C)n2)CC1. The van der Waals surface area contributed by atoms with E-state index in [2.05, 4.69) is 36.4 Å². The molecule has 3 rings (SSSR count). The fourth-order valence-corrected chi connectivity index (χ4v) is 3.09. The van der Waals surface area contributed by atoms with E-state index in [-0.39, 0.29) is 5.91 Å². The van der Waals surface area contributed by atoms with Crippen molar-refractivity contribution in [3.8, 4) is 0 Å². The molecular formula is C16H19BrN6O. The third-order valence-electron chi connectivity index (χ3n) is 4.01. The van der Waals surface area contributed by atoms with Gasteiger partial charge in [0, 0.05) is 43.3 Å². The molecule has 0 atom stereocenters. The van der Waals surface area contributed by atoms with Gasteiger partial charge in [-0.25, -0.2) is 0 Å². The zero-order valence-corrected chi connectivity index (χ0v) is 15.2. The molecule has 1 aliphatic heterocycles. The summed E-state index contributed by atoms with van der Waals surface area (Å²) in [4.78, 5) is 19.8. The molecule has 1 aliphatic rings. The predicted molar refractivity (Wildman–Crippen MR) is 96.5 cm³/mol. The van der Waals surface area contributed by atoms with Crippen LogP contribution in [-0.4, -0.2) is 52.2 Å². The summed E-state index contributed by atoms with van der Waals surface area (Å²) in [5.41, 5.74) is 2.09. The van der Waals surface area contributed by atoms with E-state index in [9.17, 15) is 4.79 Å². The maximum atomic E-state index is 11.4. The summed E-state index contributed by atoms with van der Waals surface area (Å²) in [7, 11) is 0. The number of hydrogen-bond donors (Lipinski definition) is 1. The minimum absolute atomic E-state index is 0.106. The minimum Gasteiger partial charge on any atom is -0.339 e. The summed E-state index contributed by atoms with van der Waals surface area (Å²) in [5.74, 6) is 1.34. The maximum Gasteiger partial charge on any atom is 0.247 e. The lowest BCUT2D eigenvalue weighted by Crippen LogP contribution is -2.48. The fraction of sp³-hybridized carbons (Fsp3) is 0.375. The first kappa shape index (κ1) is 16.6. The fourth-order valence-electron chi connectivity index (χ4n) is 2.61. The van der Waals surface area contributed by atoms with Crippen LogP contribution in [0.25, 0.3) is 0 Å². The number of aromatic nitrogens is 3. The molecule has 1 saturated heterocycles. The summed E-state index contributed by atoms with van der Waals surface area (Å²) < 4.78 is 1.04. The van der Waals surface area contributed by atoms with Gasteiger partial charge in [0.15, 0.2) is 5.82 Å². The van der Waals surface area contributed by atoms with Crippen molar-refractivity contribution in [1.82, 2.24) is 20.1 Å². The van der Waals surface area contributed by atoms with Gasteiger partial charge in [0.1, 0.15) is 0 Å². The van der Waals surface area contributed by atoms with Gasteiger partial charge in [0.25, 0.3) is 0 Å². The first-order valence-corrected chi connectivity index (χ1v) is 8.55. The van der Waals surface area contributed by atoms with Crippen LogP contribution in [0, 0.1) is 6.92 Å². The van der Waals surface area contributed by atoms with Gasteiger partial charge in [0.2, 0.25) is 11.9 Å². The molecule has 1 N–H and O–H groups in total. The Kier molecular flexibility index (Phi) is 4.94. The lowest BCUT2D eigenvalue weighted by atomic mass is 10.2. The van der Waals surface area contributed by atoms with Crippen molar-refractivity contribution < 1.29 is 4.79 Å². The van der Waals surface area contributed by atoms with E-state index < -0.39 is 0 Å². The van der Waals surface area contributed by atoms with E-state index in [1.165, 1.54) is 0 Å². The smallest absolute Gasteiger partial charge is 0.247 e. The molecular weight excluding hydrogens is 372 g/mol. The topological polar surface area (TPSA) is 74.2 Å². The number of carbonyl (C=O) groups is 1. The van der Waals surface area contributed by atoms with Crippen LogP contribution >= 0.6 is 15.9 Å². The van der Waals surface area contributed by atoms with E-state index in [1.54, 1.807) is 13.1 Å². The molecule has 24 heavy (non-hydrogen) atoms. The highest BCUT2D eigenvalue weighted by molar-refractivity contribution is 9.10. The van der Waals surface area contributed by atoms with Gasteiger partial charge >= 0.3 is 0 Å². The average Bonchev–Trinajstić information content (AvgIpc) is 2.58. The van der Waals surface area contributed by atoms with E-state index in [1.807, 2.05) is 34.9 Å². The van der Waals surface area contributed by atoms with Gasteiger partial charge in [-0.2, -0.15) is 10.1 Å². The Labute approximate surface area is 149 Å². The van der Waals surface area contributed by atoms with Gasteiger partial charge in [0.05, 0.1) is 6.20 Å². The van der Waals surface area contributed by atoms with Crippen molar-refractivity contribution in [3.63, 3.8) is 0 Å². The molecule has 0 bridgehead atoms. The highest BCUT2D eigenvalue weighted by atomic mass is 79.9. The molecule has 1 fully saturated rings. The third-order valence-corrected chi connectivity index (χ3v) is 4.50. The normalized spacial score (nSPS) is 14.6. The van der Waals surface area contributed by atoms with Crippen molar-refractivity contribution in [1.29, 1.82) is 0 Å². The first-order valence-electron chi connectivity index (χ1n) is 7.76. The van der Waals surface area contributed by atoms with Gasteiger partial charge in [-0.05, 0) is 30.7 Å². The molecule has 0 aliphatic carbocycles. The zero-order valence-electron chi connectivity index (χ0n) is 13.7. The summed E-state index contributed by atoms with van der Waals surface area (Å²) in [6.45, 7) is 6.41. The second-order valence-electron chi connectivity index (χ2n) is 5.72. The quantitative estimate of drug-likeness (QED) is 0.866. The third kappa shape index (κ3) is 3.81. The second-order valence-corrected chi connectivity index (χ2v) is 6.63. The second kappa shape index (κ2) is 7.12. The average molecular weight is 391 g/mol. The van der Waals surface area contributed by atoms with Crippen LogP contribution < -0.4 is 10.2 Å². The van der Waals surface area contributed by atoms with Crippen molar-refractivity contribution >= 4 is 39.3 Å². The van der Waals surface area contributed by atoms with Crippen molar-refractivity contribution in [3.05, 3.63) is 34.4 Å². The van der Waals surface area contributed by atoms with E-state index in [4.69, 9.17) is 0 Å². The van der Waals surface area contributed by atoms with Gasteiger partial charge in [-0.15, -0.1) is 5.10 Å². The summed E-state index contributed by atoms with van der Waals surface area (Å²) in [6, 6.07) is 6.01. The highest BCUT2D eigenvalue weighted by Crippen LogP contribution is 2.23. The van der Waals surface area contributed by atoms with Crippen molar-refractivity contribution in [2.75, 3.05) is 36.4 Å². The molecule has 1 aromatic heterocycles. The number of aryl methyl sites for hydroxylation is 1. The number of amides is 1. The predicted octanol–water partition coefficient (Wildman–Crippen LogP) is 2.35. The molecule has 1 aromatic carbocycles. The summed E-state index contributed by atoms with van der Waals surface area (Å²) in [5, 5.41) is 11.5. The lowest BCUT2D eigenvalue weighted by molar-refractivity contribution is -0.129. The molecule has 8 heteroatoms. The molecule has 0 spiro atoms. The number of carbonyl (C=O) groups excluding carboxylic acids is 1. The number of nitrogens with zero attached hydrogens (tertiary/aromatic N) is 5. The van der Waals surface area contributed by atoms with Gasteiger partial charge in [-0.3, -0.25) is 4.79 Å². The standard InChI is InChI=1S/C16H19BrN6O/c1-11-9-13(17)3-4-14(11)19-15-10-18-21-16(20-15)23-7-5-22(6-8-23)12(2)24/h3-4,9-10H,5-8H2,1-2H3,(H,19,20,21). The van der Waals surface area contributed by atoms with Crippen LogP contribution in [0.4, 0.5) is 17.5 Å². The highest BCUT2D eigenvalue weighted by Gasteiger charge is 2.21. The summed E-state index contributed by atoms with van der Waals surface area (Å²) >= 11 is 3.46. The molecule has 1 amide bonds. The molecule has 2 heterocycles. The van der Waals surface area contributed by atoms with Crippen molar-refractivity contribution in [2.45, 2.75) is 13.8 Å². The van der Waals surface area contributed by atoms with Crippen LogP contribution in [0.1, 0.15) is 12.5 Å². The lowest BCUT2D eigenvalue weighted by Gasteiger charge is -2.33. The van der Waals surface area contributed by atoms with E-state index in [0.29, 0.717) is 37.9 Å². The van der Waals surface area contributed by atoms with Crippen LogP contribution in [0.5, 0.6) is 0 Å². The first-order chi connectivity index (χ1) is 11.5. The van der Waals surface area contributed by atoms with Crippen LogP contribution in [0.3, 0.4) is 0 Å². The number of hydrogen-bond acceptors (Lipinski definition) is 6. The largest absolute Gasteiger partial charge is 0.339 e. The molecule has 126 valence electrons. The molecule has 0 saturated carbocycles. The maximum absolute atomic E-state index is 11.4. The zero-order chi connectivity index (χ0) is 17.1. The number of benzene rings is 1. The van der Waals surface area contributed by atoms with E-state index >= 15 is 0 Å². The number of anilines is 3. The van der Waals surface area contributed by atoms with Gasteiger partial charge in [-0.1, -0.05) is 15.9 Å². The molecule has 7 nitrogen and oxygen atoms in total. The molecule has 0 radical (unpaired) electrons.